The van der Waals surface area contributed by atoms with Crippen LogP contribution in [0.25, 0.3) is 5.57 Å². The minimum atomic E-state index is -0.545. The molecule has 0 aliphatic heterocycles. The van der Waals surface area contributed by atoms with E-state index in [1.165, 1.54) is 6.92 Å². The van der Waals surface area contributed by atoms with Crippen LogP contribution >= 0.6 is 0 Å². The van der Waals surface area contributed by atoms with Crippen molar-refractivity contribution in [3.63, 3.8) is 0 Å². The second-order valence-corrected chi connectivity index (χ2v) is 5.00. The first-order valence-electron chi connectivity index (χ1n) is 6.63. The highest BCUT2D eigenvalue weighted by atomic mass is 16.5. The summed E-state index contributed by atoms with van der Waals surface area (Å²) in [7, 11) is 0. The van der Waals surface area contributed by atoms with E-state index in [0.717, 1.165) is 11.1 Å². The fourth-order valence-electron chi connectivity index (χ4n) is 2.52. The van der Waals surface area contributed by atoms with Gasteiger partial charge in [0.1, 0.15) is 5.76 Å². The predicted molar refractivity (Wildman–Crippen MR) is 76.9 cm³/mol. The third-order valence-corrected chi connectivity index (χ3v) is 3.52. The van der Waals surface area contributed by atoms with Crippen LogP contribution in [0.3, 0.4) is 0 Å². The number of hydrogen-bond acceptors (Lipinski definition) is 4. The SMILES string of the molecule is C=C1c2ccccc2C(=O)c2oc(C(C)OC(C)=O)cc21. The molecular formula is C17H14O4. The van der Waals surface area contributed by atoms with Crippen molar-refractivity contribution in [2.45, 2.75) is 20.0 Å². The van der Waals surface area contributed by atoms with Crippen molar-refractivity contribution in [3.8, 4) is 0 Å². The van der Waals surface area contributed by atoms with Crippen molar-refractivity contribution in [3.05, 3.63) is 65.1 Å². The summed E-state index contributed by atoms with van der Waals surface area (Å²) in [6.45, 7) is 7.08. The first-order chi connectivity index (χ1) is 9.99. The predicted octanol–water partition coefficient (Wildman–Crippen LogP) is 3.51. The van der Waals surface area contributed by atoms with Crippen LogP contribution in [-0.4, -0.2) is 11.8 Å². The molecule has 1 aliphatic carbocycles. The number of carbonyl (C=O) groups is 2. The Morgan fingerprint density at radius 1 is 1.24 bits per heavy atom. The van der Waals surface area contributed by atoms with Crippen LogP contribution in [0.15, 0.2) is 41.3 Å². The van der Waals surface area contributed by atoms with Gasteiger partial charge in [-0.3, -0.25) is 9.59 Å². The van der Waals surface area contributed by atoms with Crippen LogP contribution in [0.4, 0.5) is 0 Å². The van der Waals surface area contributed by atoms with Gasteiger partial charge in [0.15, 0.2) is 11.9 Å². The maximum absolute atomic E-state index is 12.5. The van der Waals surface area contributed by atoms with E-state index in [1.54, 1.807) is 25.1 Å². The van der Waals surface area contributed by atoms with Gasteiger partial charge < -0.3 is 9.15 Å². The lowest BCUT2D eigenvalue weighted by atomic mass is 9.86. The number of furan rings is 1. The zero-order chi connectivity index (χ0) is 15.1. The Labute approximate surface area is 122 Å². The van der Waals surface area contributed by atoms with E-state index in [2.05, 4.69) is 6.58 Å². The average Bonchev–Trinajstić information content (AvgIpc) is 2.90. The molecule has 1 aliphatic rings. The molecule has 0 N–H and O–H groups in total. The summed E-state index contributed by atoms with van der Waals surface area (Å²) in [5.74, 6) is 0.129. The molecule has 1 aromatic heterocycles. The third-order valence-electron chi connectivity index (χ3n) is 3.52. The van der Waals surface area contributed by atoms with Crippen molar-refractivity contribution >= 4 is 17.3 Å². The van der Waals surface area contributed by atoms with E-state index in [1.807, 2.05) is 12.1 Å². The smallest absolute Gasteiger partial charge is 0.303 e. The van der Waals surface area contributed by atoms with Gasteiger partial charge in [-0.15, -0.1) is 0 Å². The number of fused-ring (bicyclic) bond motifs is 2. The number of benzene rings is 1. The number of ketones is 1. The van der Waals surface area contributed by atoms with Gasteiger partial charge in [0.2, 0.25) is 5.78 Å². The molecule has 0 saturated heterocycles. The van der Waals surface area contributed by atoms with Gasteiger partial charge in [-0.25, -0.2) is 0 Å². The fourth-order valence-corrected chi connectivity index (χ4v) is 2.52. The van der Waals surface area contributed by atoms with Gasteiger partial charge in [-0.05, 0) is 24.1 Å². The molecule has 21 heavy (non-hydrogen) atoms. The minimum Gasteiger partial charge on any atom is -0.455 e. The molecule has 0 radical (unpaired) electrons. The van der Waals surface area contributed by atoms with Gasteiger partial charge >= 0.3 is 5.97 Å². The summed E-state index contributed by atoms with van der Waals surface area (Å²) in [6, 6.07) is 9.01. The molecule has 2 aromatic rings. The summed E-state index contributed by atoms with van der Waals surface area (Å²) >= 11 is 0. The molecular weight excluding hydrogens is 268 g/mol. The molecule has 0 saturated carbocycles. The summed E-state index contributed by atoms with van der Waals surface area (Å²) in [5.41, 5.74) is 2.79. The largest absolute Gasteiger partial charge is 0.455 e. The van der Waals surface area contributed by atoms with Crippen LogP contribution in [0.2, 0.25) is 0 Å². The first kappa shape index (κ1) is 13.4. The van der Waals surface area contributed by atoms with Crippen LogP contribution in [0.5, 0.6) is 0 Å². The van der Waals surface area contributed by atoms with Crippen molar-refractivity contribution in [1.82, 2.24) is 0 Å². The van der Waals surface area contributed by atoms with Crippen molar-refractivity contribution < 1.29 is 18.7 Å². The summed E-state index contributed by atoms with van der Waals surface area (Å²) < 4.78 is 10.7. The third kappa shape index (κ3) is 2.09. The Hall–Kier alpha value is -2.62. The molecule has 0 bridgehead atoms. The van der Waals surface area contributed by atoms with E-state index in [-0.39, 0.29) is 11.5 Å². The van der Waals surface area contributed by atoms with E-state index in [0.29, 0.717) is 16.9 Å². The second-order valence-electron chi connectivity index (χ2n) is 5.00. The molecule has 1 heterocycles. The van der Waals surface area contributed by atoms with Crippen molar-refractivity contribution in [1.29, 1.82) is 0 Å². The molecule has 0 amide bonds. The lowest BCUT2D eigenvalue weighted by molar-refractivity contribution is -0.146. The van der Waals surface area contributed by atoms with Gasteiger partial charge in [0, 0.05) is 18.1 Å². The fraction of sp³-hybridized carbons (Fsp3) is 0.176. The highest BCUT2D eigenvalue weighted by Crippen LogP contribution is 2.38. The zero-order valence-corrected chi connectivity index (χ0v) is 11.8. The maximum atomic E-state index is 12.5. The van der Waals surface area contributed by atoms with Crippen LogP contribution < -0.4 is 0 Å². The topological polar surface area (TPSA) is 56.5 Å². The summed E-state index contributed by atoms with van der Waals surface area (Å²) in [5, 5.41) is 0. The van der Waals surface area contributed by atoms with Gasteiger partial charge in [0.05, 0.1) is 0 Å². The van der Waals surface area contributed by atoms with Crippen LogP contribution in [-0.2, 0) is 9.53 Å². The zero-order valence-electron chi connectivity index (χ0n) is 11.8. The molecule has 0 spiro atoms. The monoisotopic (exact) mass is 282 g/mol. The quantitative estimate of drug-likeness (QED) is 0.675. The number of ether oxygens (including phenoxy) is 1. The van der Waals surface area contributed by atoms with Gasteiger partial charge in [-0.1, -0.05) is 30.8 Å². The molecule has 1 unspecified atom stereocenters. The Balaban J connectivity index is 2.07. The van der Waals surface area contributed by atoms with Gasteiger partial charge in [0.25, 0.3) is 0 Å². The van der Waals surface area contributed by atoms with Crippen LogP contribution in [0.1, 0.15) is 53.0 Å². The van der Waals surface area contributed by atoms with E-state index in [4.69, 9.17) is 9.15 Å². The molecule has 3 rings (SSSR count). The molecule has 4 nitrogen and oxygen atoms in total. The molecule has 0 fully saturated rings. The highest BCUT2D eigenvalue weighted by Gasteiger charge is 2.31. The maximum Gasteiger partial charge on any atom is 0.303 e. The van der Waals surface area contributed by atoms with Crippen molar-refractivity contribution in [2.75, 3.05) is 0 Å². The molecule has 1 aromatic carbocycles. The van der Waals surface area contributed by atoms with E-state index in [9.17, 15) is 9.59 Å². The highest BCUT2D eigenvalue weighted by molar-refractivity contribution is 6.17. The number of carbonyl (C=O) groups excluding carboxylic acids is 2. The Kier molecular flexibility index (Phi) is 3.01. The minimum absolute atomic E-state index is 0.172. The first-order valence-corrected chi connectivity index (χ1v) is 6.63. The molecule has 1 atom stereocenters. The standard InChI is InChI=1S/C17H14O4/c1-9-12-6-4-5-7-13(12)16(19)17-14(9)8-15(21-17)10(2)20-11(3)18/h4-8,10H,1H2,2-3H3. The average molecular weight is 282 g/mol. The van der Waals surface area contributed by atoms with Crippen molar-refractivity contribution in [2.24, 2.45) is 0 Å². The van der Waals surface area contributed by atoms with Crippen LogP contribution in [0, 0.1) is 0 Å². The Bertz CT molecular complexity index is 714. The van der Waals surface area contributed by atoms with Gasteiger partial charge in [-0.2, -0.15) is 0 Å². The summed E-state index contributed by atoms with van der Waals surface area (Å²) in [4.78, 5) is 23.5. The Morgan fingerprint density at radius 3 is 2.57 bits per heavy atom. The van der Waals surface area contributed by atoms with E-state index < -0.39 is 12.1 Å². The van der Waals surface area contributed by atoms with E-state index >= 15 is 0 Å². The molecule has 106 valence electrons. The summed E-state index contributed by atoms with van der Waals surface area (Å²) in [6.07, 6.45) is -0.545. The Morgan fingerprint density at radius 2 is 1.90 bits per heavy atom. The number of rotatable bonds is 2. The second kappa shape index (κ2) is 4.74. The number of esters is 1. The lowest BCUT2D eigenvalue weighted by Crippen LogP contribution is -2.11. The molecule has 4 heteroatoms. The number of hydrogen-bond donors (Lipinski definition) is 0. The normalized spacial score (nSPS) is 14.4. The lowest BCUT2D eigenvalue weighted by Gasteiger charge is -2.15.